The molecule has 1 aliphatic heterocycles. The van der Waals surface area contributed by atoms with E-state index < -0.39 is 0 Å². The average Bonchev–Trinajstić information content (AvgIpc) is 3.00. The van der Waals surface area contributed by atoms with Gasteiger partial charge in [-0.1, -0.05) is 31.4 Å². The van der Waals surface area contributed by atoms with E-state index in [9.17, 15) is 4.79 Å². The molecule has 1 N–H and O–H groups in total. The summed E-state index contributed by atoms with van der Waals surface area (Å²) >= 11 is 1.74. The molecule has 1 saturated carbocycles. The first-order valence-electron chi connectivity index (χ1n) is 8.06. The predicted molar refractivity (Wildman–Crippen MR) is 91.2 cm³/mol. The van der Waals surface area contributed by atoms with Crippen molar-refractivity contribution in [3.63, 3.8) is 0 Å². The number of esters is 1. The molecule has 1 aromatic rings. The van der Waals surface area contributed by atoms with Gasteiger partial charge in [-0.25, -0.2) is 4.79 Å². The van der Waals surface area contributed by atoms with Crippen LogP contribution in [0.2, 0.25) is 0 Å². The van der Waals surface area contributed by atoms with Crippen LogP contribution in [0.15, 0.2) is 41.3 Å². The highest BCUT2D eigenvalue weighted by Gasteiger charge is 2.34. The van der Waals surface area contributed by atoms with Gasteiger partial charge in [0.1, 0.15) is 6.10 Å². The van der Waals surface area contributed by atoms with Crippen LogP contribution < -0.4 is 5.32 Å². The van der Waals surface area contributed by atoms with Crippen molar-refractivity contribution in [3.05, 3.63) is 36.4 Å². The number of cyclic esters (lactones) is 1. The van der Waals surface area contributed by atoms with E-state index in [4.69, 9.17) is 4.74 Å². The third kappa shape index (κ3) is 3.49. The van der Waals surface area contributed by atoms with Crippen LogP contribution >= 0.6 is 11.8 Å². The first-order valence-corrected chi connectivity index (χ1v) is 9.29. The van der Waals surface area contributed by atoms with Gasteiger partial charge >= 0.3 is 5.97 Å². The van der Waals surface area contributed by atoms with Crippen molar-refractivity contribution in [1.82, 2.24) is 0 Å². The summed E-state index contributed by atoms with van der Waals surface area (Å²) in [6.07, 6.45) is 11.7. The third-order valence-electron chi connectivity index (χ3n) is 4.62. The summed E-state index contributed by atoms with van der Waals surface area (Å²) in [6, 6.07) is 8.51. The average molecular weight is 317 g/mol. The van der Waals surface area contributed by atoms with Crippen LogP contribution in [0.4, 0.5) is 5.69 Å². The number of rotatable bonds is 5. The molecule has 3 rings (SSSR count). The molecular weight excluding hydrogens is 294 g/mol. The Morgan fingerprint density at radius 1 is 1.23 bits per heavy atom. The highest BCUT2D eigenvalue weighted by molar-refractivity contribution is 7.98. The SMILES string of the molecule is CSc1ccccc1N[C@@H](C1CCCCC1)[C@H]1C=CC(=O)O1. The van der Waals surface area contributed by atoms with Crippen molar-refractivity contribution in [1.29, 1.82) is 0 Å². The fourth-order valence-electron chi connectivity index (χ4n) is 3.48. The molecule has 22 heavy (non-hydrogen) atoms. The van der Waals surface area contributed by atoms with Gasteiger partial charge in [0, 0.05) is 16.7 Å². The quantitative estimate of drug-likeness (QED) is 0.651. The molecule has 0 amide bonds. The number of benzene rings is 1. The maximum atomic E-state index is 11.5. The normalized spacial score (nSPS) is 23.3. The zero-order chi connectivity index (χ0) is 15.4. The maximum absolute atomic E-state index is 11.5. The van der Waals surface area contributed by atoms with Crippen LogP contribution in [-0.4, -0.2) is 24.4 Å². The molecule has 0 unspecified atom stereocenters. The molecule has 1 aromatic carbocycles. The Balaban J connectivity index is 1.81. The van der Waals surface area contributed by atoms with Crippen molar-refractivity contribution in [2.45, 2.75) is 49.1 Å². The fraction of sp³-hybridized carbons (Fsp3) is 0.500. The molecule has 0 bridgehead atoms. The fourth-order valence-corrected chi connectivity index (χ4v) is 4.05. The van der Waals surface area contributed by atoms with E-state index in [0.29, 0.717) is 5.92 Å². The van der Waals surface area contributed by atoms with Gasteiger partial charge in [-0.2, -0.15) is 0 Å². The number of anilines is 1. The molecule has 3 nitrogen and oxygen atoms in total. The van der Waals surface area contributed by atoms with E-state index in [1.54, 1.807) is 17.8 Å². The van der Waals surface area contributed by atoms with Crippen molar-refractivity contribution in [2.75, 3.05) is 11.6 Å². The number of hydrogen-bond acceptors (Lipinski definition) is 4. The Kier molecular flexibility index (Phi) is 5.08. The Labute approximate surface area is 136 Å². The summed E-state index contributed by atoms with van der Waals surface area (Å²) in [5, 5.41) is 3.68. The van der Waals surface area contributed by atoms with Crippen LogP contribution in [0.1, 0.15) is 32.1 Å². The molecule has 0 aromatic heterocycles. The lowest BCUT2D eigenvalue weighted by molar-refractivity contribution is -0.139. The predicted octanol–water partition coefficient (Wildman–Crippen LogP) is 4.25. The van der Waals surface area contributed by atoms with E-state index in [2.05, 4.69) is 35.8 Å². The van der Waals surface area contributed by atoms with Gasteiger partial charge in [0.25, 0.3) is 0 Å². The largest absolute Gasteiger partial charge is 0.453 e. The minimum absolute atomic E-state index is 0.148. The van der Waals surface area contributed by atoms with Gasteiger partial charge in [-0.15, -0.1) is 11.8 Å². The molecule has 0 spiro atoms. The van der Waals surface area contributed by atoms with Gasteiger partial charge in [-0.3, -0.25) is 0 Å². The Hall–Kier alpha value is -1.42. The van der Waals surface area contributed by atoms with E-state index in [-0.39, 0.29) is 18.1 Å². The van der Waals surface area contributed by atoms with Gasteiger partial charge in [0.2, 0.25) is 0 Å². The van der Waals surface area contributed by atoms with E-state index >= 15 is 0 Å². The molecular formula is C18H23NO2S. The number of ether oxygens (including phenoxy) is 1. The van der Waals surface area contributed by atoms with Crippen LogP contribution in [0.3, 0.4) is 0 Å². The third-order valence-corrected chi connectivity index (χ3v) is 5.41. The van der Waals surface area contributed by atoms with Crippen molar-refractivity contribution >= 4 is 23.4 Å². The molecule has 1 heterocycles. The second-order valence-corrected chi connectivity index (χ2v) is 6.88. The second-order valence-electron chi connectivity index (χ2n) is 6.03. The number of para-hydroxylation sites is 1. The van der Waals surface area contributed by atoms with Crippen LogP contribution in [-0.2, 0) is 9.53 Å². The first-order chi connectivity index (χ1) is 10.8. The molecule has 1 fully saturated rings. The number of nitrogens with one attached hydrogen (secondary N) is 1. The molecule has 0 radical (unpaired) electrons. The minimum Gasteiger partial charge on any atom is -0.453 e. The van der Waals surface area contributed by atoms with Crippen molar-refractivity contribution in [3.8, 4) is 0 Å². The van der Waals surface area contributed by atoms with Gasteiger partial charge in [0.15, 0.2) is 0 Å². The smallest absolute Gasteiger partial charge is 0.331 e. The number of thioether (sulfide) groups is 1. The van der Waals surface area contributed by atoms with Crippen LogP contribution in [0.5, 0.6) is 0 Å². The van der Waals surface area contributed by atoms with Gasteiger partial charge in [0.05, 0.1) is 6.04 Å². The summed E-state index contributed by atoms with van der Waals surface area (Å²) in [6.45, 7) is 0. The Morgan fingerprint density at radius 2 is 2.00 bits per heavy atom. The van der Waals surface area contributed by atoms with Gasteiger partial charge in [-0.05, 0) is 43.2 Å². The minimum atomic E-state index is -0.217. The van der Waals surface area contributed by atoms with Crippen molar-refractivity contribution in [2.24, 2.45) is 5.92 Å². The Bertz CT molecular complexity index is 552. The molecule has 1 aliphatic carbocycles. The number of carbonyl (C=O) groups is 1. The lowest BCUT2D eigenvalue weighted by Gasteiger charge is -2.34. The number of hydrogen-bond donors (Lipinski definition) is 1. The summed E-state index contributed by atoms with van der Waals surface area (Å²) in [5.74, 6) is 0.343. The summed E-state index contributed by atoms with van der Waals surface area (Å²) < 4.78 is 5.50. The lowest BCUT2D eigenvalue weighted by atomic mass is 9.81. The first kappa shape index (κ1) is 15.5. The summed E-state index contributed by atoms with van der Waals surface area (Å²) in [5.41, 5.74) is 1.14. The van der Waals surface area contributed by atoms with Crippen LogP contribution in [0.25, 0.3) is 0 Å². The highest BCUT2D eigenvalue weighted by Crippen LogP contribution is 2.34. The number of carbonyl (C=O) groups excluding carboxylic acids is 1. The molecule has 2 atom stereocenters. The molecule has 0 saturated heterocycles. The van der Waals surface area contributed by atoms with Crippen molar-refractivity contribution < 1.29 is 9.53 Å². The standard InChI is InChI=1S/C18H23NO2S/c1-22-16-10-6-5-9-14(16)19-18(13-7-3-2-4-8-13)15-11-12-17(20)21-15/h5-6,9-13,15,18-19H,2-4,7-8H2,1H3/t15-,18+/m1/s1. The topological polar surface area (TPSA) is 38.3 Å². The molecule has 118 valence electrons. The Morgan fingerprint density at radius 3 is 2.68 bits per heavy atom. The van der Waals surface area contributed by atoms with Crippen LogP contribution in [0, 0.1) is 5.92 Å². The monoisotopic (exact) mass is 317 g/mol. The van der Waals surface area contributed by atoms with E-state index in [1.165, 1.54) is 37.0 Å². The van der Waals surface area contributed by atoms with E-state index in [0.717, 1.165) is 5.69 Å². The zero-order valence-corrected chi connectivity index (χ0v) is 13.8. The highest BCUT2D eigenvalue weighted by atomic mass is 32.2. The zero-order valence-electron chi connectivity index (χ0n) is 13.0. The lowest BCUT2D eigenvalue weighted by Crippen LogP contribution is -2.41. The van der Waals surface area contributed by atoms with E-state index in [1.807, 2.05) is 6.08 Å². The van der Waals surface area contributed by atoms with Gasteiger partial charge < -0.3 is 10.1 Å². The second kappa shape index (κ2) is 7.23. The maximum Gasteiger partial charge on any atom is 0.331 e. The molecule has 2 aliphatic rings. The summed E-state index contributed by atoms with van der Waals surface area (Å²) in [7, 11) is 0. The molecule has 4 heteroatoms. The summed E-state index contributed by atoms with van der Waals surface area (Å²) in [4.78, 5) is 12.7.